The third-order valence-corrected chi connectivity index (χ3v) is 5.30. The lowest BCUT2D eigenvalue weighted by Crippen LogP contribution is -2.28. The fraction of sp³-hybridized carbons (Fsp3) is 0.273. The summed E-state index contributed by atoms with van der Waals surface area (Å²) < 4.78 is 7.61. The van der Waals surface area contributed by atoms with Crippen molar-refractivity contribution >= 4 is 16.9 Å². The number of fused-ring (bicyclic) bond motifs is 1. The molecule has 7 nitrogen and oxygen atoms in total. The molecule has 0 bridgehead atoms. The van der Waals surface area contributed by atoms with Crippen LogP contribution in [0.3, 0.4) is 0 Å². The molecule has 5 rings (SSSR count). The quantitative estimate of drug-likeness (QED) is 0.575. The van der Waals surface area contributed by atoms with E-state index in [9.17, 15) is 0 Å². The van der Waals surface area contributed by atoms with Gasteiger partial charge in [0.25, 0.3) is 0 Å². The molecule has 0 spiro atoms. The number of anilines is 1. The fourth-order valence-electron chi connectivity index (χ4n) is 3.84. The molecule has 0 saturated carbocycles. The van der Waals surface area contributed by atoms with Gasteiger partial charge < -0.3 is 14.6 Å². The van der Waals surface area contributed by atoms with Crippen molar-refractivity contribution in [2.24, 2.45) is 0 Å². The number of aromatic nitrogens is 5. The Hall–Kier alpha value is -3.32. The van der Waals surface area contributed by atoms with E-state index in [-0.39, 0.29) is 0 Å². The SMILES string of the molecule is Cc1cccc(-n2cc(-c3cncnc3)c3c(NC4CCOCC4)ncnc32)c1. The number of hydrogen-bond donors (Lipinski definition) is 1. The lowest BCUT2D eigenvalue weighted by Gasteiger charge is -2.24. The minimum absolute atomic E-state index is 0.337. The zero-order valence-electron chi connectivity index (χ0n) is 16.2. The molecule has 4 heterocycles. The Morgan fingerprint density at radius 2 is 1.90 bits per heavy atom. The first-order valence-electron chi connectivity index (χ1n) is 9.82. The molecular formula is C22H22N6O. The van der Waals surface area contributed by atoms with Crippen molar-refractivity contribution < 1.29 is 4.74 Å². The van der Waals surface area contributed by atoms with Crippen molar-refractivity contribution in [3.05, 3.63) is 61.1 Å². The molecule has 0 radical (unpaired) electrons. The molecule has 1 aromatic carbocycles. The molecular weight excluding hydrogens is 364 g/mol. The minimum Gasteiger partial charge on any atom is -0.381 e. The Labute approximate surface area is 168 Å². The Kier molecular flexibility index (Phi) is 4.65. The molecule has 0 unspecified atom stereocenters. The zero-order chi connectivity index (χ0) is 19.6. The summed E-state index contributed by atoms with van der Waals surface area (Å²) in [6.45, 7) is 3.64. The standard InChI is InChI=1S/C22H22N6O/c1-15-3-2-4-18(9-15)28-12-19(16-10-23-13-24-11-16)20-21(25-14-26-22(20)28)27-17-5-7-29-8-6-17/h2-4,9-14,17H,5-8H2,1H3,(H,25,26,27). The maximum absolute atomic E-state index is 5.50. The van der Waals surface area contributed by atoms with Crippen LogP contribution in [0.4, 0.5) is 5.82 Å². The van der Waals surface area contributed by atoms with Crippen LogP contribution < -0.4 is 5.32 Å². The molecule has 0 amide bonds. The highest BCUT2D eigenvalue weighted by molar-refractivity contribution is 6.01. The minimum atomic E-state index is 0.337. The van der Waals surface area contributed by atoms with E-state index in [0.29, 0.717) is 6.04 Å². The van der Waals surface area contributed by atoms with Gasteiger partial charge in [-0.3, -0.25) is 0 Å². The van der Waals surface area contributed by atoms with Crippen LogP contribution in [-0.4, -0.2) is 43.8 Å². The average molecular weight is 386 g/mol. The van der Waals surface area contributed by atoms with Gasteiger partial charge in [0.2, 0.25) is 0 Å². The normalized spacial score (nSPS) is 14.9. The Morgan fingerprint density at radius 1 is 1.07 bits per heavy atom. The van der Waals surface area contributed by atoms with Gasteiger partial charge in [0.05, 0.1) is 5.39 Å². The lowest BCUT2D eigenvalue weighted by atomic mass is 10.1. The number of hydrogen-bond acceptors (Lipinski definition) is 6. The number of rotatable bonds is 4. The van der Waals surface area contributed by atoms with E-state index in [1.165, 1.54) is 5.56 Å². The van der Waals surface area contributed by atoms with Gasteiger partial charge in [0.15, 0.2) is 5.65 Å². The van der Waals surface area contributed by atoms with Crippen LogP contribution in [0, 0.1) is 6.92 Å². The molecule has 4 aromatic rings. The third kappa shape index (κ3) is 3.45. The summed E-state index contributed by atoms with van der Waals surface area (Å²) in [5.41, 5.74) is 5.07. The van der Waals surface area contributed by atoms with Crippen LogP contribution in [0.2, 0.25) is 0 Å². The maximum Gasteiger partial charge on any atom is 0.150 e. The molecule has 1 N–H and O–H groups in total. The molecule has 29 heavy (non-hydrogen) atoms. The second kappa shape index (κ2) is 7.60. The molecule has 7 heteroatoms. The molecule has 1 aliphatic heterocycles. The number of ether oxygens (including phenoxy) is 1. The fourth-order valence-corrected chi connectivity index (χ4v) is 3.84. The smallest absolute Gasteiger partial charge is 0.150 e. The van der Waals surface area contributed by atoms with Crippen LogP contribution in [0.1, 0.15) is 18.4 Å². The topological polar surface area (TPSA) is 77.8 Å². The van der Waals surface area contributed by atoms with Gasteiger partial charge >= 0.3 is 0 Å². The second-order valence-electron chi connectivity index (χ2n) is 7.33. The Balaban J connectivity index is 1.70. The van der Waals surface area contributed by atoms with E-state index >= 15 is 0 Å². The zero-order valence-corrected chi connectivity index (χ0v) is 16.2. The Morgan fingerprint density at radius 3 is 2.69 bits per heavy atom. The van der Waals surface area contributed by atoms with Crippen LogP contribution in [-0.2, 0) is 4.74 Å². The van der Waals surface area contributed by atoms with Crippen LogP contribution in [0.15, 0.2) is 55.5 Å². The molecule has 1 fully saturated rings. The first-order valence-corrected chi connectivity index (χ1v) is 9.82. The summed E-state index contributed by atoms with van der Waals surface area (Å²) in [4.78, 5) is 17.7. The summed E-state index contributed by atoms with van der Waals surface area (Å²) in [5, 5.41) is 4.61. The van der Waals surface area contributed by atoms with Crippen LogP contribution >= 0.6 is 0 Å². The Bertz CT molecular complexity index is 1130. The van der Waals surface area contributed by atoms with Crippen molar-refractivity contribution in [3.8, 4) is 16.8 Å². The van der Waals surface area contributed by atoms with E-state index in [1.54, 1.807) is 12.7 Å². The van der Waals surface area contributed by atoms with Crippen molar-refractivity contribution in [3.63, 3.8) is 0 Å². The largest absolute Gasteiger partial charge is 0.381 e. The lowest BCUT2D eigenvalue weighted by molar-refractivity contribution is 0.0904. The molecule has 3 aromatic heterocycles. The predicted molar refractivity (Wildman–Crippen MR) is 112 cm³/mol. The van der Waals surface area contributed by atoms with Gasteiger partial charge in [-0.1, -0.05) is 12.1 Å². The predicted octanol–water partition coefficient (Wildman–Crippen LogP) is 3.78. The highest BCUT2D eigenvalue weighted by atomic mass is 16.5. The van der Waals surface area contributed by atoms with Crippen molar-refractivity contribution in [2.45, 2.75) is 25.8 Å². The summed E-state index contributed by atoms with van der Waals surface area (Å²) in [6.07, 6.45) is 10.9. The van der Waals surface area contributed by atoms with Gasteiger partial charge in [0, 0.05) is 54.7 Å². The first kappa shape index (κ1) is 17.8. The van der Waals surface area contributed by atoms with Gasteiger partial charge in [-0.05, 0) is 37.5 Å². The molecule has 0 atom stereocenters. The second-order valence-corrected chi connectivity index (χ2v) is 7.33. The number of benzene rings is 1. The summed E-state index contributed by atoms with van der Waals surface area (Å²) in [6, 6.07) is 8.73. The van der Waals surface area contributed by atoms with E-state index in [2.05, 4.69) is 67.2 Å². The molecule has 1 saturated heterocycles. The molecule has 0 aliphatic carbocycles. The monoisotopic (exact) mass is 386 g/mol. The van der Waals surface area contributed by atoms with Crippen LogP contribution in [0.5, 0.6) is 0 Å². The van der Waals surface area contributed by atoms with E-state index < -0.39 is 0 Å². The highest BCUT2D eigenvalue weighted by Crippen LogP contribution is 2.35. The van der Waals surface area contributed by atoms with Crippen molar-refractivity contribution in [2.75, 3.05) is 18.5 Å². The van der Waals surface area contributed by atoms with Gasteiger partial charge in [-0.25, -0.2) is 19.9 Å². The third-order valence-electron chi connectivity index (χ3n) is 5.30. The van der Waals surface area contributed by atoms with Crippen molar-refractivity contribution in [1.29, 1.82) is 0 Å². The van der Waals surface area contributed by atoms with Crippen LogP contribution in [0.25, 0.3) is 27.8 Å². The summed E-state index contributed by atoms with van der Waals surface area (Å²) >= 11 is 0. The van der Waals surface area contributed by atoms with Crippen molar-refractivity contribution in [1.82, 2.24) is 24.5 Å². The number of aryl methyl sites for hydroxylation is 1. The number of nitrogens with zero attached hydrogens (tertiary/aromatic N) is 5. The highest BCUT2D eigenvalue weighted by Gasteiger charge is 2.21. The molecule has 146 valence electrons. The van der Waals surface area contributed by atoms with E-state index in [4.69, 9.17) is 4.74 Å². The summed E-state index contributed by atoms with van der Waals surface area (Å²) in [5.74, 6) is 0.840. The first-order chi connectivity index (χ1) is 14.3. The van der Waals surface area contributed by atoms with Gasteiger partial charge in [-0.15, -0.1) is 0 Å². The molecule has 1 aliphatic rings. The van der Waals surface area contributed by atoms with E-state index in [1.807, 2.05) is 12.4 Å². The van der Waals surface area contributed by atoms with Gasteiger partial charge in [0.1, 0.15) is 18.5 Å². The number of nitrogens with one attached hydrogen (secondary N) is 1. The average Bonchev–Trinajstić information content (AvgIpc) is 3.16. The summed E-state index contributed by atoms with van der Waals surface area (Å²) in [7, 11) is 0. The maximum atomic E-state index is 5.50. The van der Waals surface area contributed by atoms with Gasteiger partial charge in [-0.2, -0.15) is 0 Å². The van der Waals surface area contributed by atoms with E-state index in [0.717, 1.165) is 59.7 Å².